The number of aromatic amines is 1. The van der Waals surface area contributed by atoms with Crippen molar-refractivity contribution in [2.45, 2.75) is 31.4 Å². The van der Waals surface area contributed by atoms with E-state index >= 15 is 0 Å². The van der Waals surface area contributed by atoms with Crippen LogP contribution in [-0.2, 0) is 4.74 Å². The average Bonchev–Trinajstić information content (AvgIpc) is 2.83. The van der Waals surface area contributed by atoms with Gasteiger partial charge in [0.25, 0.3) is 0 Å². The van der Waals surface area contributed by atoms with Gasteiger partial charge in [-0.2, -0.15) is 4.98 Å². The molecule has 1 aromatic rings. The molecule has 0 radical (unpaired) electrons. The number of rotatable bonds is 3. The molecule has 82 valence electrons. The second kappa shape index (κ2) is 3.37. The predicted octanol–water partition coefficient (Wildman–Crippen LogP) is 0.366. The lowest BCUT2D eigenvalue weighted by Gasteiger charge is -2.18. The normalized spacial score (nSPS) is 30.7. The van der Waals surface area contributed by atoms with E-state index in [2.05, 4.69) is 20.5 Å². The smallest absolute Gasteiger partial charge is 0.243 e. The molecule has 3 rings (SSSR count). The Balaban J connectivity index is 1.66. The first kappa shape index (κ1) is 8.96. The Hall–Kier alpha value is -1.30. The molecular formula is C9H15N5O. The molecule has 4 N–H and O–H groups in total. The third kappa shape index (κ3) is 1.77. The molecule has 6 nitrogen and oxygen atoms in total. The van der Waals surface area contributed by atoms with Crippen LogP contribution in [0.2, 0.25) is 0 Å². The monoisotopic (exact) mass is 209 g/mol. The Kier molecular flexibility index (Phi) is 2.02. The third-order valence-corrected chi connectivity index (χ3v) is 3.04. The van der Waals surface area contributed by atoms with E-state index in [1.54, 1.807) is 0 Å². The van der Waals surface area contributed by atoms with Gasteiger partial charge in [-0.3, -0.25) is 0 Å². The summed E-state index contributed by atoms with van der Waals surface area (Å²) in [6.07, 6.45) is 3.94. The molecule has 2 aliphatic rings. The Bertz CT molecular complexity index is 348. The van der Waals surface area contributed by atoms with Crippen molar-refractivity contribution in [2.75, 3.05) is 17.7 Å². The number of H-pyrrole nitrogens is 1. The van der Waals surface area contributed by atoms with Crippen LogP contribution in [0.25, 0.3) is 0 Å². The highest BCUT2D eigenvalue weighted by Crippen LogP contribution is 2.39. The Labute approximate surface area is 87.6 Å². The molecule has 0 aromatic carbocycles. The van der Waals surface area contributed by atoms with E-state index in [-0.39, 0.29) is 0 Å². The lowest BCUT2D eigenvalue weighted by Crippen LogP contribution is -2.31. The summed E-state index contributed by atoms with van der Waals surface area (Å²) in [6, 6.07) is 0.340. The summed E-state index contributed by atoms with van der Waals surface area (Å²) in [7, 11) is 0. The molecule has 1 aliphatic heterocycles. The Morgan fingerprint density at radius 2 is 2.27 bits per heavy atom. The highest BCUT2D eigenvalue weighted by Gasteiger charge is 2.40. The minimum absolute atomic E-state index is 0.338. The fraction of sp³-hybridized carbons (Fsp3) is 0.778. The van der Waals surface area contributed by atoms with Crippen LogP contribution in [0.1, 0.15) is 19.3 Å². The van der Waals surface area contributed by atoms with E-state index in [0.29, 0.717) is 24.0 Å². The quantitative estimate of drug-likeness (QED) is 0.669. The van der Waals surface area contributed by atoms with Gasteiger partial charge in [0.05, 0.1) is 12.1 Å². The zero-order chi connectivity index (χ0) is 10.3. The topological polar surface area (TPSA) is 88.8 Å². The van der Waals surface area contributed by atoms with Crippen LogP contribution >= 0.6 is 0 Å². The van der Waals surface area contributed by atoms with Gasteiger partial charge >= 0.3 is 0 Å². The number of nitrogen functional groups attached to an aromatic ring is 1. The minimum Gasteiger partial charge on any atom is -0.376 e. The maximum absolute atomic E-state index is 5.71. The van der Waals surface area contributed by atoms with Crippen molar-refractivity contribution >= 4 is 11.9 Å². The first-order valence-electron chi connectivity index (χ1n) is 5.39. The fourth-order valence-electron chi connectivity index (χ4n) is 2.16. The third-order valence-electron chi connectivity index (χ3n) is 3.04. The summed E-state index contributed by atoms with van der Waals surface area (Å²) in [4.78, 5) is 4.03. The molecule has 1 saturated heterocycles. The summed E-state index contributed by atoms with van der Waals surface area (Å²) in [5.74, 6) is 1.66. The molecule has 1 saturated carbocycles. The lowest BCUT2D eigenvalue weighted by atomic mass is 10.1. The molecule has 2 unspecified atom stereocenters. The number of nitrogens with two attached hydrogens (primary N) is 1. The van der Waals surface area contributed by atoms with Crippen molar-refractivity contribution in [1.82, 2.24) is 15.2 Å². The molecule has 2 fully saturated rings. The number of nitrogens with zero attached hydrogens (tertiary/aromatic N) is 2. The van der Waals surface area contributed by atoms with E-state index < -0.39 is 0 Å². The van der Waals surface area contributed by atoms with Crippen LogP contribution in [0, 0.1) is 5.92 Å². The number of aromatic nitrogens is 3. The van der Waals surface area contributed by atoms with Gasteiger partial charge in [0.15, 0.2) is 0 Å². The van der Waals surface area contributed by atoms with Gasteiger partial charge in [-0.05, 0) is 25.2 Å². The standard InChI is InChI=1S/C9H15N5O/c10-8-12-9(14-13-8)11-6-3-4-15-7(6)5-1-2-5/h5-7H,1-4H2,(H4,10,11,12,13,14). The number of hydrogen-bond acceptors (Lipinski definition) is 5. The molecule has 1 aromatic heterocycles. The van der Waals surface area contributed by atoms with Gasteiger partial charge in [-0.25, -0.2) is 5.10 Å². The second-order valence-corrected chi connectivity index (χ2v) is 4.26. The first-order valence-corrected chi connectivity index (χ1v) is 5.39. The van der Waals surface area contributed by atoms with Gasteiger partial charge in [0.1, 0.15) is 0 Å². The summed E-state index contributed by atoms with van der Waals surface area (Å²) < 4.78 is 5.71. The van der Waals surface area contributed by atoms with Crippen LogP contribution in [0.5, 0.6) is 0 Å². The van der Waals surface area contributed by atoms with E-state index in [9.17, 15) is 0 Å². The Morgan fingerprint density at radius 3 is 2.93 bits per heavy atom. The lowest BCUT2D eigenvalue weighted by molar-refractivity contribution is 0.0897. The van der Waals surface area contributed by atoms with Gasteiger partial charge in [-0.15, -0.1) is 5.10 Å². The summed E-state index contributed by atoms with van der Waals surface area (Å²) >= 11 is 0. The van der Waals surface area contributed by atoms with Crippen LogP contribution in [0.4, 0.5) is 11.9 Å². The molecule has 0 amide bonds. The molecule has 15 heavy (non-hydrogen) atoms. The van der Waals surface area contributed by atoms with E-state index in [0.717, 1.165) is 18.9 Å². The highest BCUT2D eigenvalue weighted by molar-refractivity contribution is 5.31. The van der Waals surface area contributed by atoms with Gasteiger partial charge < -0.3 is 15.8 Å². The average molecular weight is 209 g/mol. The zero-order valence-corrected chi connectivity index (χ0v) is 8.44. The minimum atomic E-state index is 0.338. The van der Waals surface area contributed by atoms with E-state index in [4.69, 9.17) is 10.5 Å². The highest BCUT2D eigenvalue weighted by atomic mass is 16.5. The molecule has 0 bridgehead atoms. The van der Waals surface area contributed by atoms with Crippen molar-refractivity contribution in [1.29, 1.82) is 0 Å². The summed E-state index contributed by atoms with van der Waals surface area (Å²) in [5.41, 5.74) is 5.46. The van der Waals surface area contributed by atoms with Gasteiger partial charge in [0.2, 0.25) is 11.9 Å². The van der Waals surface area contributed by atoms with Gasteiger partial charge in [-0.1, -0.05) is 0 Å². The van der Waals surface area contributed by atoms with Gasteiger partial charge in [0, 0.05) is 6.61 Å². The van der Waals surface area contributed by atoms with Crippen LogP contribution in [-0.4, -0.2) is 33.9 Å². The second-order valence-electron chi connectivity index (χ2n) is 4.26. The van der Waals surface area contributed by atoms with Crippen molar-refractivity contribution in [3.8, 4) is 0 Å². The summed E-state index contributed by atoms with van der Waals surface area (Å²) in [6.45, 7) is 0.832. The van der Waals surface area contributed by atoms with E-state index in [1.807, 2.05) is 0 Å². The zero-order valence-electron chi connectivity index (χ0n) is 8.44. The Morgan fingerprint density at radius 1 is 1.40 bits per heavy atom. The molecular weight excluding hydrogens is 194 g/mol. The van der Waals surface area contributed by atoms with Crippen molar-refractivity contribution < 1.29 is 4.74 Å². The molecule has 2 heterocycles. The fourth-order valence-corrected chi connectivity index (χ4v) is 2.16. The number of ether oxygens (including phenoxy) is 1. The van der Waals surface area contributed by atoms with Crippen LogP contribution in [0.3, 0.4) is 0 Å². The number of anilines is 2. The first-order chi connectivity index (χ1) is 7.33. The van der Waals surface area contributed by atoms with Crippen LogP contribution < -0.4 is 11.1 Å². The maximum Gasteiger partial charge on any atom is 0.243 e. The number of hydrogen-bond donors (Lipinski definition) is 3. The molecule has 6 heteroatoms. The maximum atomic E-state index is 5.71. The summed E-state index contributed by atoms with van der Waals surface area (Å²) in [5, 5.41) is 9.86. The molecule has 2 atom stereocenters. The SMILES string of the molecule is Nc1nc(NC2CCOC2C2CC2)n[nH]1. The van der Waals surface area contributed by atoms with Crippen molar-refractivity contribution in [3.63, 3.8) is 0 Å². The van der Waals surface area contributed by atoms with Crippen molar-refractivity contribution in [2.24, 2.45) is 5.92 Å². The van der Waals surface area contributed by atoms with E-state index in [1.165, 1.54) is 12.8 Å². The van der Waals surface area contributed by atoms with Crippen LogP contribution in [0.15, 0.2) is 0 Å². The number of nitrogens with one attached hydrogen (secondary N) is 2. The molecule has 1 aliphatic carbocycles. The largest absolute Gasteiger partial charge is 0.376 e. The predicted molar refractivity (Wildman–Crippen MR) is 55.3 cm³/mol. The molecule has 0 spiro atoms. The van der Waals surface area contributed by atoms with Crippen molar-refractivity contribution in [3.05, 3.63) is 0 Å².